The molecule has 0 bridgehead atoms. The molecule has 0 spiro atoms. The number of hydrogen-bond acceptors (Lipinski definition) is 3. The zero-order chi connectivity index (χ0) is 14.5. The summed E-state index contributed by atoms with van der Waals surface area (Å²) in [6, 6.07) is 7.54. The summed E-state index contributed by atoms with van der Waals surface area (Å²) in [5.41, 5.74) is 1.56. The molecule has 0 aliphatic rings. The number of nitrogens with zero attached hydrogens (tertiary/aromatic N) is 1. The maximum Gasteiger partial charge on any atom is 0.301 e. The van der Waals surface area contributed by atoms with Crippen LogP contribution in [0.3, 0.4) is 0 Å². The van der Waals surface area contributed by atoms with Crippen LogP contribution in [0, 0.1) is 0 Å². The van der Waals surface area contributed by atoms with E-state index in [0.717, 1.165) is 22.8 Å². The Kier molecular flexibility index (Phi) is 5.78. The van der Waals surface area contributed by atoms with Crippen molar-refractivity contribution in [3.63, 3.8) is 0 Å². The molecule has 5 nitrogen and oxygen atoms in total. The van der Waals surface area contributed by atoms with Gasteiger partial charge in [0.15, 0.2) is 0 Å². The van der Waals surface area contributed by atoms with Crippen LogP contribution in [-0.2, 0) is 10.2 Å². The molecule has 0 saturated heterocycles. The molecule has 0 saturated carbocycles. The summed E-state index contributed by atoms with van der Waals surface area (Å²) in [6.07, 6.45) is 1.04. The Balaban J connectivity index is 2.96. The molecule has 1 atom stereocenters. The summed E-state index contributed by atoms with van der Waals surface area (Å²) in [6.45, 7) is 5.02. The van der Waals surface area contributed by atoms with Crippen molar-refractivity contribution < 1.29 is 8.42 Å². The van der Waals surface area contributed by atoms with Crippen LogP contribution in [0.1, 0.15) is 31.9 Å². The van der Waals surface area contributed by atoms with E-state index in [0.29, 0.717) is 5.69 Å². The van der Waals surface area contributed by atoms with E-state index in [1.165, 1.54) is 14.1 Å². The van der Waals surface area contributed by atoms with Gasteiger partial charge in [-0.05, 0) is 31.5 Å². The zero-order valence-corrected chi connectivity index (χ0v) is 12.8. The van der Waals surface area contributed by atoms with E-state index >= 15 is 0 Å². The first-order chi connectivity index (χ1) is 8.88. The Morgan fingerprint density at radius 2 is 1.89 bits per heavy atom. The summed E-state index contributed by atoms with van der Waals surface area (Å²) >= 11 is 0. The monoisotopic (exact) mass is 285 g/mol. The summed E-state index contributed by atoms with van der Waals surface area (Å²) in [4.78, 5) is 0. The van der Waals surface area contributed by atoms with Gasteiger partial charge in [0, 0.05) is 20.1 Å². The first kappa shape index (κ1) is 15.9. The van der Waals surface area contributed by atoms with E-state index < -0.39 is 10.2 Å². The van der Waals surface area contributed by atoms with Gasteiger partial charge in [-0.25, -0.2) is 0 Å². The third kappa shape index (κ3) is 4.49. The van der Waals surface area contributed by atoms with E-state index in [2.05, 4.69) is 17.0 Å². The van der Waals surface area contributed by atoms with E-state index in [-0.39, 0.29) is 6.04 Å². The van der Waals surface area contributed by atoms with Crippen LogP contribution < -0.4 is 10.0 Å². The van der Waals surface area contributed by atoms with Crippen molar-refractivity contribution in [3.8, 4) is 0 Å². The van der Waals surface area contributed by atoms with Gasteiger partial charge in [-0.2, -0.15) is 12.7 Å². The topological polar surface area (TPSA) is 61.4 Å². The lowest BCUT2D eigenvalue weighted by molar-refractivity contribution is 0.526. The lowest BCUT2D eigenvalue weighted by Crippen LogP contribution is -2.30. The van der Waals surface area contributed by atoms with Gasteiger partial charge in [-0.15, -0.1) is 0 Å². The molecule has 108 valence electrons. The number of nitrogens with one attached hydrogen (secondary N) is 2. The third-order valence-corrected chi connectivity index (χ3v) is 4.29. The molecule has 0 aromatic heterocycles. The van der Waals surface area contributed by atoms with Crippen LogP contribution in [0.15, 0.2) is 24.3 Å². The number of para-hydroxylation sites is 1. The van der Waals surface area contributed by atoms with Gasteiger partial charge >= 0.3 is 10.2 Å². The van der Waals surface area contributed by atoms with E-state index in [4.69, 9.17) is 0 Å². The average molecular weight is 285 g/mol. The summed E-state index contributed by atoms with van der Waals surface area (Å²) in [7, 11) is -0.465. The molecule has 0 amide bonds. The number of benzene rings is 1. The molecule has 2 N–H and O–H groups in total. The normalized spacial score (nSPS) is 13.5. The minimum atomic E-state index is -3.47. The zero-order valence-electron chi connectivity index (χ0n) is 12.0. The van der Waals surface area contributed by atoms with Gasteiger partial charge in [0.25, 0.3) is 0 Å². The largest absolute Gasteiger partial charge is 0.310 e. The van der Waals surface area contributed by atoms with Crippen molar-refractivity contribution >= 4 is 15.9 Å². The fourth-order valence-electron chi connectivity index (χ4n) is 1.67. The molecule has 0 fully saturated rings. The Labute approximate surface area is 116 Å². The van der Waals surface area contributed by atoms with Crippen LogP contribution in [0.25, 0.3) is 0 Å². The quantitative estimate of drug-likeness (QED) is 0.805. The van der Waals surface area contributed by atoms with Crippen LogP contribution in [-0.4, -0.2) is 33.4 Å². The lowest BCUT2D eigenvalue weighted by atomic mass is 10.1. The summed E-state index contributed by atoms with van der Waals surface area (Å²) in [5, 5.41) is 3.36. The fourth-order valence-corrected chi connectivity index (χ4v) is 2.31. The second-order valence-electron chi connectivity index (χ2n) is 4.65. The summed E-state index contributed by atoms with van der Waals surface area (Å²) < 4.78 is 27.5. The van der Waals surface area contributed by atoms with E-state index in [1.54, 1.807) is 6.07 Å². The highest BCUT2D eigenvalue weighted by Crippen LogP contribution is 2.23. The molecule has 0 heterocycles. The Morgan fingerprint density at radius 3 is 2.47 bits per heavy atom. The molecule has 19 heavy (non-hydrogen) atoms. The van der Waals surface area contributed by atoms with Gasteiger partial charge in [-0.3, -0.25) is 4.72 Å². The van der Waals surface area contributed by atoms with Crippen molar-refractivity contribution in [2.45, 2.75) is 26.3 Å². The van der Waals surface area contributed by atoms with Crippen LogP contribution in [0.4, 0.5) is 5.69 Å². The highest BCUT2D eigenvalue weighted by atomic mass is 32.2. The molecule has 0 radical (unpaired) electrons. The molecule has 1 aromatic carbocycles. The van der Waals surface area contributed by atoms with Crippen molar-refractivity contribution in [1.29, 1.82) is 0 Å². The maximum absolute atomic E-state index is 11.9. The van der Waals surface area contributed by atoms with Gasteiger partial charge in [0.2, 0.25) is 0 Å². The smallest absolute Gasteiger partial charge is 0.301 e. The number of anilines is 1. The number of rotatable bonds is 7. The Hall–Kier alpha value is -1.11. The molecular formula is C13H23N3O2S. The van der Waals surface area contributed by atoms with Crippen molar-refractivity contribution in [2.24, 2.45) is 0 Å². The first-order valence-corrected chi connectivity index (χ1v) is 7.85. The molecule has 6 heteroatoms. The van der Waals surface area contributed by atoms with Gasteiger partial charge in [0.05, 0.1) is 5.69 Å². The predicted molar refractivity (Wildman–Crippen MR) is 79.4 cm³/mol. The minimum absolute atomic E-state index is 0.0982. The van der Waals surface area contributed by atoms with Crippen LogP contribution in [0.2, 0.25) is 0 Å². The maximum atomic E-state index is 11.9. The second kappa shape index (κ2) is 6.88. The standard InChI is InChI=1S/C13H23N3O2S/c1-5-10-14-11(2)12-8-6-7-9-13(12)15-19(17,18)16(3)4/h6-9,11,14-15H,5,10H2,1-4H3. The molecule has 1 unspecified atom stereocenters. The third-order valence-electron chi connectivity index (χ3n) is 2.85. The van der Waals surface area contributed by atoms with E-state index in [9.17, 15) is 8.42 Å². The molecule has 0 aliphatic heterocycles. The molecule has 0 aliphatic carbocycles. The average Bonchev–Trinajstić information content (AvgIpc) is 2.36. The van der Waals surface area contributed by atoms with Crippen LogP contribution in [0.5, 0.6) is 0 Å². The first-order valence-electron chi connectivity index (χ1n) is 6.41. The van der Waals surface area contributed by atoms with Gasteiger partial charge < -0.3 is 5.32 Å². The Bertz CT molecular complexity index is 500. The van der Waals surface area contributed by atoms with Crippen LogP contribution >= 0.6 is 0 Å². The SMILES string of the molecule is CCCNC(C)c1ccccc1NS(=O)(=O)N(C)C. The second-order valence-corrected chi connectivity index (χ2v) is 6.54. The molecule has 1 rings (SSSR count). The van der Waals surface area contributed by atoms with Crippen molar-refractivity contribution in [3.05, 3.63) is 29.8 Å². The summed E-state index contributed by atoms with van der Waals surface area (Å²) in [5.74, 6) is 0. The fraction of sp³-hybridized carbons (Fsp3) is 0.538. The predicted octanol–water partition coefficient (Wildman–Crippen LogP) is 1.97. The van der Waals surface area contributed by atoms with E-state index in [1.807, 2.05) is 25.1 Å². The Morgan fingerprint density at radius 1 is 1.26 bits per heavy atom. The molecular weight excluding hydrogens is 262 g/mol. The number of hydrogen-bond donors (Lipinski definition) is 2. The lowest BCUT2D eigenvalue weighted by Gasteiger charge is -2.20. The minimum Gasteiger partial charge on any atom is -0.310 e. The van der Waals surface area contributed by atoms with Gasteiger partial charge in [0.1, 0.15) is 0 Å². The molecule has 1 aromatic rings. The highest BCUT2D eigenvalue weighted by molar-refractivity contribution is 7.90. The van der Waals surface area contributed by atoms with Crippen molar-refractivity contribution in [2.75, 3.05) is 25.4 Å². The van der Waals surface area contributed by atoms with Crippen molar-refractivity contribution in [1.82, 2.24) is 9.62 Å². The highest BCUT2D eigenvalue weighted by Gasteiger charge is 2.17. The van der Waals surface area contributed by atoms with Gasteiger partial charge in [-0.1, -0.05) is 25.1 Å².